The summed E-state index contributed by atoms with van der Waals surface area (Å²) in [5.41, 5.74) is 5.09. The standard InChI is InChI=1S/C18H18BO/c1-18(2,3)20-19-15-9-10-17-14(12-15)11-13-7-5-4-6-8-16(13)17/h4-5,7,9-10,12,16H,11H2,1-3H3. The van der Waals surface area contributed by atoms with Gasteiger partial charge in [0.15, 0.2) is 0 Å². The normalized spacial score (nSPS) is 19.4. The van der Waals surface area contributed by atoms with Gasteiger partial charge >= 0.3 is 7.48 Å². The molecule has 99 valence electrons. The van der Waals surface area contributed by atoms with Crippen molar-refractivity contribution in [2.24, 2.45) is 0 Å². The fraction of sp³-hybridized carbons (Fsp3) is 0.333. The minimum Gasteiger partial charge on any atom is -0.430 e. The Morgan fingerprint density at radius 3 is 2.95 bits per heavy atom. The van der Waals surface area contributed by atoms with Gasteiger partial charge in [0.05, 0.1) is 5.92 Å². The van der Waals surface area contributed by atoms with Crippen LogP contribution in [0.25, 0.3) is 0 Å². The van der Waals surface area contributed by atoms with Crippen molar-refractivity contribution in [2.45, 2.75) is 38.7 Å². The van der Waals surface area contributed by atoms with Crippen molar-refractivity contribution in [1.29, 1.82) is 0 Å². The van der Waals surface area contributed by atoms with Crippen molar-refractivity contribution < 1.29 is 4.65 Å². The summed E-state index contributed by atoms with van der Waals surface area (Å²) in [5.74, 6) is 6.71. The molecule has 1 aromatic rings. The Labute approximate surface area is 122 Å². The molecule has 1 radical (unpaired) electrons. The van der Waals surface area contributed by atoms with Gasteiger partial charge in [0.1, 0.15) is 0 Å². The van der Waals surface area contributed by atoms with Crippen LogP contribution >= 0.6 is 0 Å². The topological polar surface area (TPSA) is 9.23 Å². The quantitative estimate of drug-likeness (QED) is 0.587. The first-order chi connectivity index (χ1) is 9.53. The minimum absolute atomic E-state index is 0.149. The molecule has 0 spiro atoms. The SMILES string of the molecule is CC(C)(C)O[B]c1ccc2c(c1)CC1=CC=CC#CC12. The Morgan fingerprint density at radius 2 is 2.15 bits per heavy atom. The molecular weight excluding hydrogens is 243 g/mol. The molecule has 1 nitrogen and oxygen atoms in total. The third-order valence-corrected chi connectivity index (χ3v) is 3.51. The third-order valence-electron chi connectivity index (χ3n) is 3.51. The molecule has 0 aromatic heterocycles. The summed E-state index contributed by atoms with van der Waals surface area (Å²) in [5, 5.41) is 0. The van der Waals surface area contributed by atoms with Gasteiger partial charge in [-0.1, -0.05) is 47.7 Å². The predicted molar refractivity (Wildman–Crippen MR) is 84.1 cm³/mol. The zero-order chi connectivity index (χ0) is 14.2. The van der Waals surface area contributed by atoms with E-state index in [1.165, 1.54) is 16.7 Å². The maximum absolute atomic E-state index is 5.74. The molecule has 0 fully saturated rings. The molecule has 1 atom stereocenters. The molecule has 0 heterocycles. The van der Waals surface area contributed by atoms with E-state index < -0.39 is 0 Å². The minimum atomic E-state index is -0.149. The predicted octanol–water partition coefficient (Wildman–Crippen LogP) is 2.89. The monoisotopic (exact) mass is 261 g/mol. The summed E-state index contributed by atoms with van der Waals surface area (Å²) in [6, 6.07) is 6.54. The van der Waals surface area contributed by atoms with Crippen molar-refractivity contribution in [3.8, 4) is 11.8 Å². The first-order valence-corrected chi connectivity index (χ1v) is 7.03. The summed E-state index contributed by atoms with van der Waals surface area (Å²) in [6.45, 7) is 6.17. The Kier molecular flexibility index (Phi) is 3.32. The van der Waals surface area contributed by atoms with E-state index in [4.69, 9.17) is 4.65 Å². The lowest BCUT2D eigenvalue weighted by Crippen LogP contribution is -2.28. The molecule has 0 N–H and O–H groups in total. The van der Waals surface area contributed by atoms with E-state index in [0.29, 0.717) is 0 Å². The lowest BCUT2D eigenvalue weighted by atomic mass is 9.84. The fourth-order valence-corrected chi connectivity index (χ4v) is 2.58. The van der Waals surface area contributed by atoms with E-state index in [1.807, 2.05) is 19.6 Å². The maximum atomic E-state index is 5.74. The largest absolute Gasteiger partial charge is 0.430 e. The fourth-order valence-electron chi connectivity index (χ4n) is 2.58. The molecule has 0 aliphatic heterocycles. The molecule has 2 aliphatic carbocycles. The molecule has 0 saturated heterocycles. The molecule has 1 aromatic carbocycles. The van der Waals surface area contributed by atoms with Gasteiger partial charge < -0.3 is 4.65 Å². The van der Waals surface area contributed by atoms with Crippen LogP contribution in [0.1, 0.15) is 37.8 Å². The third kappa shape index (κ3) is 2.74. The lowest BCUT2D eigenvalue weighted by Gasteiger charge is -2.19. The number of rotatable bonds is 2. The van der Waals surface area contributed by atoms with Gasteiger partial charge in [-0.25, -0.2) is 0 Å². The first-order valence-electron chi connectivity index (χ1n) is 7.03. The number of fused-ring (bicyclic) bond motifs is 3. The van der Waals surface area contributed by atoms with Gasteiger partial charge in [-0.3, -0.25) is 0 Å². The Balaban J connectivity index is 1.84. The molecular formula is C18H18BO. The molecule has 0 saturated carbocycles. The van der Waals surface area contributed by atoms with Crippen molar-refractivity contribution in [1.82, 2.24) is 0 Å². The van der Waals surface area contributed by atoms with E-state index in [-0.39, 0.29) is 11.5 Å². The highest BCUT2D eigenvalue weighted by Crippen LogP contribution is 2.37. The summed E-state index contributed by atoms with van der Waals surface area (Å²) < 4.78 is 5.74. The molecule has 2 heteroatoms. The number of hydrogen-bond acceptors (Lipinski definition) is 1. The summed E-state index contributed by atoms with van der Waals surface area (Å²) in [6.07, 6.45) is 7.15. The highest BCUT2D eigenvalue weighted by molar-refractivity contribution is 6.47. The van der Waals surface area contributed by atoms with Crippen LogP contribution in [-0.4, -0.2) is 13.1 Å². The van der Waals surface area contributed by atoms with Gasteiger partial charge in [0.2, 0.25) is 0 Å². The van der Waals surface area contributed by atoms with Crippen LogP contribution in [0.3, 0.4) is 0 Å². The van der Waals surface area contributed by atoms with Crippen LogP contribution in [0.5, 0.6) is 0 Å². The highest BCUT2D eigenvalue weighted by atomic mass is 16.5. The van der Waals surface area contributed by atoms with E-state index in [9.17, 15) is 0 Å². The Hall–Kier alpha value is -1.72. The lowest BCUT2D eigenvalue weighted by molar-refractivity contribution is 0.142. The molecule has 20 heavy (non-hydrogen) atoms. The zero-order valence-electron chi connectivity index (χ0n) is 12.2. The van der Waals surface area contributed by atoms with Crippen LogP contribution in [0.4, 0.5) is 0 Å². The van der Waals surface area contributed by atoms with Crippen LogP contribution in [0.2, 0.25) is 0 Å². The van der Waals surface area contributed by atoms with Crippen molar-refractivity contribution >= 4 is 12.9 Å². The number of allylic oxidation sites excluding steroid dienone is 4. The van der Waals surface area contributed by atoms with Crippen LogP contribution in [0, 0.1) is 11.8 Å². The molecule has 3 rings (SSSR count). The summed E-state index contributed by atoms with van der Waals surface area (Å²) in [7, 11) is 1.86. The maximum Gasteiger partial charge on any atom is 0.330 e. The van der Waals surface area contributed by atoms with Crippen LogP contribution in [0.15, 0.2) is 42.0 Å². The summed E-state index contributed by atoms with van der Waals surface area (Å²) >= 11 is 0. The van der Waals surface area contributed by atoms with Crippen molar-refractivity contribution in [3.05, 3.63) is 53.1 Å². The molecule has 1 unspecified atom stereocenters. The number of hydrogen-bond donors (Lipinski definition) is 0. The van der Waals surface area contributed by atoms with Gasteiger partial charge in [-0.05, 0) is 50.0 Å². The van der Waals surface area contributed by atoms with Gasteiger partial charge in [0.25, 0.3) is 0 Å². The van der Waals surface area contributed by atoms with E-state index >= 15 is 0 Å². The average Bonchev–Trinajstić information content (AvgIpc) is 2.56. The van der Waals surface area contributed by atoms with Crippen molar-refractivity contribution in [2.75, 3.05) is 0 Å². The van der Waals surface area contributed by atoms with Gasteiger partial charge in [-0.15, -0.1) is 0 Å². The number of benzene rings is 1. The highest BCUT2D eigenvalue weighted by Gasteiger charge is 2.26. The van der Waals surface area contributed by atoms with E-state index in [2.05, 4.69) is 56.9 Å². The smallest absolute Gasteiger partial charge is 0.330 e. The average molecular weight is 261 g/mol. The Morgan fingerprint density at radius 1 is 1.30 bits per heavy atom. The second-order valence-electron chi connectivity index (χ2n) is 6.31. The van der Waals surface area contributed by atoms with E-state index in [1.54, 1.807) is 0 Å². The Bertz CT molecular complexity index is 650. The van der Waals surface area contributed by atoms with E-state index in [0.717, 1.165) is 11.9 Å². The second-order valence-corrected chi connectivity index (χ2v) is 6.31. The zero-order valence-corrected chi connectivity index (χ0v) is 12.2. The molecule has 0 bridgehead atoms. The van der Waals surface area contributed by atoms with Crippen LogP contribution < -0.4 is 5.46 Å². The molecule has 0 amide bonds. The second kappa shape index (κ2) is 5.00. The van der Waals surface area contributed by atoms with Crippen LogP contribution in [-0.2, 0) is 11.1 Å². The van der Waals surface area contributed by atoms with Gasteiger partial charge in [-0.2, -0.15) is 0 Å². The first kappa shape index (κ1) is 13.3. The summed E-state index contributed by atoms with van der Waals surface area (Å²) in [4.78, 5) is 0. The molecule has 2 aliphatic rings. The van der Waals surface area contributed by atoms with Crippen molar-refractivity contribution in [3.63, 3.8) is 0 Å². The van der Waals surface area contributed by atoms with Gasteiger partial charge in [0, 0.05) is 5.60 Å².